The molecule has 0 aliphatic heterocycles. The maximum absolute atomic E-state index is 6.88. The Morgan fingerprint density at radius 3 is 1.48 bits per heavy atom. The lowest BCUT2D eigenvalue weighted by molar-refractivity contribution is 0.0268. The molecule has 0 saturated heterocycles. The minimum absolute atomic E-state index is 0.611. The summed E-state index contributed by atoms with van der Waals surface area (Å²) in [7, 11) is 0. The minimum atomic E-state index is -0.611. The van der Waals surface area contributed by atoms with Gasteiger partial charge in [0.25, 0.3) is 0 Å². The van der Waals surface area contributed by atoms with Crippen molar-refractivity contribution >= 4 is 0 Å². The molecule has 0 amide bonds. The van der Waals surface area contributed by atoms with E-state index in [0.29, 0.717) is 6.61 Å². The largest absolute Gasteiger partial charge is 0.356 e. The van der Waals surface area contributed by atoms with E-state index in [-0.39, 0.29) is 0 Å². The first-order chi connectivity index (χ1) is 13.3. The molecule has 0 N–H and O–H groups in total. The van der Waals surface area contributed by atoms with E-state index < -0.39 is 5.60 Å². The fraction of sp³-hybridized carbons (Fsp3) is 0.231. The van der Waals surface area contributed by atoms with Crippen molar-refractivity contribution in [2.45, 2.75) is 31.8 Å². The maximum Gasteiger partial charge on any atom is 0.144 e. The summed E-state index contributed by atoms with van der Waals surface area (Å²) in [6.07, 6.45) is 3.60. The first-order valence-corrected chi connectivity index (χ1v) is 9.79. The van der Waals surface area contributed by atoms with Crippen LogP contribution in [-0.4, -0.2) is 6.61 Å². The number of rotatable bonds is 6. The topological polar surface area (TPSA) is 9.23 Å². The van der Waals surface area contributed by atoms with Crippen molar-refractivity contribution in [1.29, 1.82) is 0 Å². The molecule has 0 bridgehead atoms. The van der Waals surface area contributed by atoms with E-state index in [9.17, 15) is 0 Å². The SMILES string of the molecule is CC1=C(COC(c2ccccc2)(c2ccccc2)c2ccccc2)CCC1. The molecule has 136 valence electrons. The predicted molar refractivity (Wildman–Crippen MR) is 112 cm³/mol. The molecule has 27 heavy (non-hydrogen) atoms. The Balaban J connectivity index is 1.88. The summed E-state index contributed by atoms with van der Waals surface area (Å²) in [5.41, 5.74) is 5.84. The summed E-state index contributed by atoms with van der Waals surface area (Å²) in [5, 5.41) is 0. The molecule has 1 heteroatoms. The van der Waals surface area contributed by atoms with E-state index in [0.717, 1.165) is 6.42 Å². The molecule has 3 aromatic carbocycles. The number of hydrogen-bond acceptors (Lipinski definition) is 1. The zero-order valence-electron chi connectivity index (χ0n) is 15.9. The van der Waals surface area contributed by atoms with Gasteiger partial charge in [-0.05, 0) is 48.4 Å². The second-order valence-corrected chi connectivity index (χ2v) is 7.31. The van der Waals surface area contributed by atoms with Gasteiger partial charge in [0.15, 0.2) is 0 Å². The standard InChI is InChI=1S/C26H26O/c1-21-12-11-13-22(21)20-27-26(23-14-5-2-6-15-23,24-16-7-3-8-17-24)25-18-9-4-10-19-25/h2-10,14-19H,11-13,20H2,1H3. The second kappa shape index (κ2) is 7.94. The molecule has 1 aliphatic carbocycles. The lowest BCUT2D eigenvalue weighted by atomic mass is 9.80. The molecule has 0 atom stereocenters. The number of hydrogen-bond donors (Lipinski definition) is 0. The highest BCUT2D eigenvalue weighted by Gasteiger charge is 2.37. The Kier molecular flexibility index (Phi) is 5.22. The third kappa shape index (κ3) is 3.48. The van der Waals surface area contributed by atoms with Gasteiger partial charge in [0.1, 0.15) is 5.60 Å². The van der Waals surface area contributed by atoms with Crippen LogP contribution in [0.3, 0.4) is 0 Å². The average molecular weight is 354 g/mol. The van der Waals surface area contributed by atoms with Crippen LogP contribution in [0, 0.1) is 0 Å². The molecule has 4 rings (SSSR count). The maximum atomic E-state index is 6.88. The van der Waals surface area contributed by atoms with E-state index in [4.69, 9.17) is 4.74 Å². The van der Waals surface area contributed by atoms with Gasteiger partial charge in [-0.2, -0.15) is 0 Å². The van der Waals surface area contributed by atoms with Crippen molar-refractivity contribution in [3.05, 3.63) is 119 Å². The van der Waals surface area contributed by atoms with Gasteiger partial charge in [-0.15, -0.1) is 0 Å². The van der Waals surface area contributed by atoms with Crippen LogP contribution in [0.4, 0.5) is 0 Å². The van der Waals surface area contributed by atoms with Crippen molar-refractivity contribution in [3.8, 4) is 0 Å². The van der Waals surface area contributed by atoms with Crippen LogP contribution in [0.5, 0.6) is 0 Å². The summed E-state index contributed by atoms with van der Waals surface area (Å²) < 4.78 is 6.88. The van der Waals surface area contributed by atoms with Crippen molar-refractivity contribution in [1.82, 2.24) is 0 Å². The highest BCUT2D eigenvalue weighted by atomic mass is 16.5. The van der Waals surface area contributed by atoms with E-state index in [1.807, 2.05) is 0 Å². The molecule has 3 aromatic rings. The van der Waals surface area contributed by atoms with E-state index >= 15 is 0 Å². The minimum Gasteiger partial charge on any atom is -0.356 e. The lowest BCUT2D eigenvalue weighted by Gasteiger charge is -2.36. The van der Waals surface area contributed by atoms with Gasteiger partial charge in [0.05, 0.1) is 6.61 Å². The molecular weight excluding hydrogens is 328 g/mol. The van der Waals surface area contributed by atoms with Gasteiger partial charge in [-0.1, -0.05) is 96.6 Å². The molecule has 1 aliphatic rings. The van der Waals surface area contributed by atoms with Crippen LogP contribution in [0.1, 0.15) is 42.9 Å². The van der Waals surface area contributed by atoms with Crippen LogP contribution >= 0.6 is 0 Å². The van der Waals surface area contributed by atoms with Crippen molar-refractivity contribution in [2.24, 2.45) is 0 Å². The van der Waals surface area contributed by atoms with Crippen molar-refractivity contribution in [3.63, 3.8) is 0 Å². The molecule has 0 unspecified atom stereocenters. The Hall–Kier alpha value is -2.64. The molecule has 0 spiro atoms. The summed E-state index contributed by atoms with van der Waals surface area (Å²) >= 11 is 0. The van der Waals surface area contributed by atoms with Gasteiger partial charge in [0.2, 0.25) is 0 Å². The number of allylic oxidation sites excluding steroid dienone is 1. The van der Waals surface area contributed by atoms with Crippen LogP contribution in [-0.2, 0) is 10.3 Å². The highest BCUT2D eigenvalue weighted by molar-refractivity contribution is 5.47. The molecule has 0 heterocycles. The van der Waals surface area contributed by atoms with E-state index in [1.165, 1.54) is 40.7 Å². The van der Waals surface area contributed by atoms with Gasteiger partial charge < -0.3 is 4.74 Å². The summed E-state index contributed by atoms with van der Waals surface area (Å²) in [4.78, 5) is 0. The average Bonchev–Trinajstić information content (AvgIpc) is 3.16. The summed E-state index contributed by atoms with van der Waals surface area (Å²) in [6.45, 7) is 2.92. The Morgan fingerprint density at radius 2 is 1.11 bits per heavy atom. The van der Waals surface area contributed by atoms with Gasteiger partial charge in [0, 0.05) is 0 Å². The summed E-state index contributed by atoms with van der Waals surface area (Å²) in [6, 6.07) is 31.8. The predicted octanol–water partition coefficient (Wildman–Crippen LogP) is 6.50. The third-order valence-corrected chi connectivity index (χ3v) is 5.64. The fourth-order valence-corrected chi connectivity index (χ4v) is 4.12. The molecule has 1 nitrogen and oxygen atoms in total. The zero-order chi connectivity index (χ0) is 18.5. The fourth-order valence-electron chi connectivity index (χ4n) is 4.12. The Labute approximate surface area is 162 Å². The first-order valence-electron chi connectivity index (χ1n) is 9.79. The third-order valence-electron chi connectivity index (χ3n) is 5.64. The monoisotopic (exact) mass is 354 g/mol. The second-order valence-electron chi connectivity index (χ2n) is 7.31. The lowest BCUT2D eigenvalue weighted by Crippen LogP contribution is -2.33. The summed E-state index contributed by atoms with van der Waals surface area (Å²) in [5.74, 6) is 0. The smallest absolute Gasteiger partial charge is 0.144 e. The Morgan fingerprint density at radius 1 is 0.667 bits per heavy atom. The van der Waals surface area contributed by atoms with Crippen LogP contribution < -0.4 is 0 Å². The highest BCUT2D eigenvalue weighted by Crippen LogP contribution is 2.41. The zero-order valence-corrected chi connectivity index (χ0v) is 15.9. The van der Waals surface area contributed by atoms with Gasteiger partial charge in [-0.25, -0.2) is 0 Å². The van der Waals surface area contributed by atoms with E-state index in [1.54, 1.807) is 0 Å². The molecule has 0 saturated carbocycles. The van der Waals surface area contributed by atoms with E-state index in [2.05, 4.69) is 97.9 Å². The Bertz CT molecular complexity index is 798. The molecule has 0 radical (unpaired) electrons. The first kappa shape index (κ1) is 17.8. The van der Waals surface area contributed by atoms with Crippen molar-refractivity contribution in [2.75, 3.05) is 6.61 Å². The van der Waals surface area contributed by atoms with Crippen molar-refractivity contribution < 1.29 is 4.74 Å². The van der Waals surface area contributed by atoms with Crippen LogP contribution in [0.15, 0.2) is 102 Å². The molecule has 0 aromatic heterocycles. The van der Waals surface area contributed by atoms with Crippen LogP contribution in [0.25, 0.3) is 0 Å². The van der Waals surface area contributed by atoms with Gasteiger partial charge in [-0.3, -0.25) is 0 Å². The van der Waals surface area contributed by atoms with Crippen LogP contribution in [0.2, 0.25) is 0 Å². The quantitative estimate of drug-likeness (QED) is 0.363. The normalized spacial score (nSPS) is 14.6. The molecule has 0 fully saturated rings. The van der Waals surface area contributed by atoms with Gasteiger partial charge >= 0.3 is 0 Å². The number of benzene rings is 3. The number of ether oxygens (including phenoxy) is 1. The molecular formula is C26H26O.